The lowest BCUT2D eigenvalue weighted by Crippen LogP contribution is -2.13. The first-order valence-corrected chi connectivity index (χ1v) is 10.3. The molecule has 10 heteroatoms. The molecule has 1 N–H and O–H groups in total. The number of nitrogens with one attached hydrogen (secondary N) is 1. The number of fused-ring (bicyclic) bond motifs is 2. The molecule has 0 bridgehead atoms. The molecule has 0 amide bonds. The molecular weight excluding hydrogens is 386 g/mol. The van der Waals surface area contributed by atoms with Gasteiger partial charge in [-0.25, -0.2) is 18.2 Å². The summed E-state index contributed by atoms with van der Waals surface area (Å²) in [5.41, 5.74) is 1.55. The summed E-state index contributed by atoms with van der Waals surface area (Å²) in [7, 11) is -2.42. The summed E-state index contributed by atoms with van der Waals surface area (Å²) in [6.07, 6.45) is 3.96. The fourth-order valence-corrected chi connectivity index (χ4v) is 5.72. The van der Waals surface area contributed by atoms with Gasteiger partial charge in [0, 0.05) is 18.0 Å². The van der Waals surface area contributed by atoms with Gasteiger partial charge < -0.3 is 4.42 Å². The number of aryl methyl sites for hydroxylation is 3. The van der Waals surface area contributed by atoms with Gasteiger partial charge in [-0.3, -0.25) is 9.29 Å². The maximum Gasteiger partial charge on any atom is 0.419 e. The van der Waals surface area contributed by atoms with Crippen molar-refractivity contribution in [1.82, 2.24) is 9.55 Å². The van der Waals surface area contributed by atoms with Crippen molar-refractivity contribution >= 4 is 49.2 Å². The SMILES string of the molecule is Cn1c(=O)oc2cc(S(=O)(=O)Nc3nc4c(s3)CCCC4)c(Cl)cc21. The predicted molar refractivity (Wildman–Crippen MR) is 96.0 cm³/mol. The molecule has 1 aliphatic rings. The Bertz CT molecular complexity index is 1120. The number of oxazole rings is 1. The lowest BCUT2D eigenvalue weighted by molar-refractivity contribution is 0.527. The van der Waals surface area contributed by atoms with E-state index in [9.17, 15) is 13.2 Å². The predicted octanol–water partition coefficient (Wildman–Crippen LogP) is 2.92. The van der Waals surface area contributed by atoms with Crippen molar-refractivity contribution < 1.29 is 12.8 Å². The first-order valence-electron chi connectivity index (χ1n) is 7.65. The highest BCUT2D eigenvalue weighted by molar-refractivity contribution is 7.93. The third-order valence-corrected chi connectivity index (χ3v) is 7.21. The van der Waals surface area contributed by atoms with E-state index in [2.05, 4.69) is 9.71 Å². The average Bonchev–Trinajstić information content (AvgIpc) is 3.07. The first-order chi connectivity index (χ1) is 11.8. The average molecular weight is 400 g/mol. The molecule has 132 valence electrons. The number of hydrogen-bond donors (Lipinski definition) is 1. The zero-order valence-electron chi connectivity index (χ0n) is 13.2. The van der Waals surface area contributed by atoms with Crippen LogP contribution in [0.3, 0.4) is 0 Å². The van der Waals surface area contributed by atoms with Crippen LogP contribution in [0.1, 0.15) is 23.4 Å². The number of hydrogen-bond acceptors (Lipinski definition) is 6. The Hall–Kier alpha value is -1.84. The van der Waals surface area contributed by atoms with E-state index in [1.54, 1.807) is 0 Å². The van der Waals surface area contributed by atoms with Crippen molar-refractivity contribution in [1.29, 1.82) is 0 Å². The van der Waals surface area contributed by atoms with Gasteiger partial charge in [0.25, 0.3) is 10.0 Å². The summed E-state index contributed by atoms with van der Waals surface area (Å²) < 4.78 is 34.2. The third-order valence-electron chi connectivity index (χ3n) is 4.20. The van der Waals surface area contributed by atoms with Gasteiger partial charge in [0.05, 0.1) is 16.2 Å². The maximum absolute atomic E-state index is 12.7. The summed E-state index contributed by atoms with van der Waals surface area (Å²) in [5.74, 6) is -0.582. The Balaban J connectivity index is 1.74. The zero-order valence-corrected chi connectivity index (χ0v) is 15.6. The van der Waals surface area contributed by atoms with Gasteiger partial charge in [0.15, 0.2) is 10.7 Å². The molecule has 2 aromatic heterocycles. The van der Waals surface area contributed by atoms with E-state index < -0.39 is 15.8 Å². The molecular formula is C15H14ClN3O4S2. The van der Waals surface area contributed by atoms with E-state index in [1.165, 1.54) is 35.1 Å². The molecule has 1 aliphatic carbocycles. The fraction of sp³-hybridized carbons (Fsp3) is 0.333. The number of thiazole rings is 1. The van der Waals surface area contributed by atoms with Crippen LogP contribution in [0.15, 0.2) is 26.2 Å². The quantitative estimate of drug-likeness (QED) is 0.730. The molecule has 2 heterocycles. The molecule has 25 heavy (non-hydrogen) atoms. The van der Waals surface area contributed by atoms with Crippen LogP contribution in [0.2, 0.25) is 5.02 Å². The highest BCUT2D eigenvalue weighted by atomic mass is 35.5. The molecule has 0 saturated heterocycles. The highest BCUT2D eigenvalue weighted by Crippen LogP contribution is 2.33. The second-order valence-corrected chi connectivity index (χ2v) is 9.02. The van der Waals surface area contributed by atoms with Crippen LogP contribution in [0.25, 0.3) is 11.1 Å². The number of nitrogens with zero attached hydrogens (tertiary/aromatic N) is 2. The normalized spacial score (nSPS) is 14.6. The summed E-state index contributed by atoms with van der Waals surface area (Å²) in [6, 6.07) is 2.66. The molecule has 0 radical (unpaired) electrons. The summed E-state index contributed by atoms with van der Waals surface area (Å²) in [5, 5.41) is 0.343. The highest BCUT2D eigenvalue weighted by Gasteiger charge is 2.24. The number of anilines is 1. The van der Waals surface area contributed by atoms with E-state index >= 15 is 0 Å². The van der Waals surface area contributed by atoms with E-state index in [0.29, 0.717) is 10.6 Å². The smallest absolute Gasteiger partial charge is 0.408 e. The van der Waals surface area contributed by atoms with Crippen LogP contribution in [-0.2, 0) is 29.9 Å². The maximum atomic E-state index is 12.7. The molecule has 4 rings (SSSR count). The topological polar surface area (TPSA) is 94.2 Å². The van der Waals surface area contributed by atoms with Crippen molar-refractivity contribution in [3.05, 3.63) is 38.3 Å². The zero-order chi connectivity index (χ0) is 17.8. The van der Waals surface area contributed by atoms with Gasteiger partial charge in [-0.2, -0.15) is 0 Å². The van der Waals surface area contributed by atoms with Gasteiger partial charge >= 0.3 is 5.76 Å². The largest absolute Gasteiger partial charge is 0.419 e. The van der Waals surface area contributed by atoms with E-state index in [-0.39, 0.29) is 15.5 Å². The molecule has 0 spiro atoms. The molecule has 7 nitrogen and oxygen atoms in total. The lowest BCUT2D eigenvalue weighted by Gasteiger charge is -2.07. The number of benzene rings is 1. The Kier molecular flexibility index (Phi) is 3.89. The number of halogens is 1. The molecule has 3 aromatic rings. The van der Waals surface area contributed by atoms with E-state index in [1.807, 2.05) is 0 Å². The van der Waals surface area contributed by atoms with Crippen molar-refractivity contribution in [3.8, 4) is 0 Å². The molecule has 0 atom stereocenters. The lowest BCUT2D eigenvalue weighted by atomic mass is 10.0. The van der Waals surface area contributed by atoms with E-state index in [0.717, 1.165) is 36.3 Å². The van der Waals surface area contributed by atoms with Crippen LogP contribution >= 0.6 is 22.9 Å². The Labute approximate surface area is 152 Å². The molecule has 0 unspecified atom stereocenters. The summed E-state index contributed by atoms with van der Waals surface area (Å²) >= 11 is 7.49. The minimum Gasteiger partial charge on any atom is -0.408 e. The minimum absolute atomic E-state index is 0.0118. The van der Waals surface area contributed by atoms with Crippen molar-refractivity contribution in [2.45, 2.75) is 30.6 Å². The molecule has 0 aliphatic heterocycles. The van der Waals surface area contributed by atoms with Crippen LogP contribution in [0.4, 0.5) is 5.13 Å². The second kappa shape index (κ2) is 5.86. The van der Waals surface area contributed by atoms with Crippen LogP contribution in [0, 0.1) is 0 Å². The third kappa shape index (κ3) is 2.86. The van der Waals surface area contributed by atoms with Crippen LogP contribution < -0.4 is 10.5 Å². The van der Waals surface area contributed by atoms with Crippen molar-refractivity contribution in [3.63, 3.8) is 0 Å². The first kappa shape index (κ1) is 16.6. The molecule has 1 aromatic carbocycles. The van der Waals surface area contributed by atoms with Crippen molar-refractivity contribution in [2.24, 2.45) is 7.05 Å². The Morgan fingerprint density at radius 1 is 1.32 bits per heavy atom. The van der Waals surface area contributed by atoms with Crippen LogP contribution in [0.5, 0.6) is 0 Å². The van der Waals surface area contributed by atoms with Gasteiger partial charge in [-0.05, 0) is 31.7 Å². The Morgan fingerprint density at radius 2 is 2.08 bits per heavy atom. The number of aromatic nitrogens is 2. The fourth-order valence-electron chi connectivity index (χ4n) is 2.90. The van der Waals surface area contributed by atoms with Crippen LogP contribution in [-0.4, -0.2) is 18.0 Å². The van der Waals surface area contributed by atoms with Crippen molar-refractivity contribution in [2.75, 3.05) is 4.72 Å². The van der Waals surface area contributed by atoms with Gasteiger partial charge in [-0.15, -0.1) is 11.3 Å². The van der Waals surface area contributed by atoms with Gasteiger partial charge in [-0.1, -0.05) is 11.6 Å². The second-order valence-electron chi connectivity index (χ2n) is 5.88. The Morgan fingerprint density at radius 3 is 2.84 bits per heavy atom. The van der Waals surface area contributed by atoms with E-state index in [4.69, 9.17) is 16.0 Å². The molecule has 0 fully saturated rings. The molecule has 0 saturated carbocycles. The van der Waals surface area contributed by atoms with Gasteiger partial charge in [0.2, 0.25) is 0 Å². The minimum atomic E-state index is -3.94. The summed E-state index contributed by atoms with van der Waals surface area (Å²) in [6.45, 7) is 0. The van der Waals surface area contributed by atoms with Gasteiger partial charge in [0.1, 0.15) is 4.90 Å². The summed E-state index contributed by atoms with van der Waals surface area (Å²) in [4.78, 5) is 16.9. The number of sulfonamides is 1. The monoisotopic (exact) mass is 399 g/mol. The number of rotatable bonds is 3. The standard InChI is InChI=1S/C15H14ClN3O4S2/c1-19-10-6-8(16)13(7-11(10)23-15(19)20)25(21,22)18-14-17-9-4-2-3-5-12(9)24-14/h6-7H,2-5H2,1H3,(H,17,18).